The lowest BCUT2D eigenvalue weighted by Crippen LogP contribution is -2.02. The van der Waals surface area contributed by atoms with Gasteiger partial charge in [0.15, 0.2) is 0 Å². The highest BCUT2D eigenvalue weighted by Crippen LogP contribution is 2.23. The summed E-state index contributed by atoms with van der Waals surface area (Å²) in [7, 11) is 0. The molecular weight excluding hydrogens is 266 g/mol. The number of carboxylic acid groups (broad SMARTS) is 1. The smallest absolute Gasteiger partial charge is 0.307 e. The zero-order valence-electron chi connectivity index (χ0n) is 10.1. The second-order valence-electron chi connectivity index (χ2n) is 3.79. The lowest BCUT2D eigenvalue weighted by Gasteiger charge is -2.05. The molecule has 0 saturated carbocycles. The lowest BCUT2D eigenvalue weighted by molar-refractivity contribution is -0.136. The maximum absolute atomic E-state index is 10.8. The van der Waals surface area contributed by atoms with Gasteiger partial charge in [0.05, 0.1) is 13.0 Å². The summed E-state index contributed by atoms with van der Waals surface area (Å²) in [6.07, 6.45) is 0.00855. The van der Waals surface area contributed by atoms with E-state index in [1.807, 2.05) is 24.3 Å². The third kappa shape index (κ3) is 3.80. The number of aromatic nitrogens is 2. The van der Waals surface area contributed by atoms with Gasteiger partial charge in [0.1, 0.15) is 0 Å². The van der Waals surface area contributed by atoms with Crippen molar-refractivity contribution < 1.29 is 14.3 Å². The fourth-order valence-corrected chi connectivity index (χ4v) is 2.37. The van der Waals surface area contributed by atoms with Gasteiger partial charge in [-0.1, -0.05) is 36.0 Å². The number of rotatable bonds is 6. The Labute approximate surface area is 114 Å². The van der Waals surface area contributed by atoms with Crippen LogP contribution in [0.25, 0.3) is 0 Å². The van der Waals surface area contributed by atoms with Crippen LogP contribution in [0.2, 0.25) is 0 Å². The van der Waals surface area contributed by atoms with Crippen LogP contribution in [-0.4, -0.2) is 21.3 Å². The Morgan fingerprint density at radius 3 is 2.68 bits per heavy atom. The monoisotopic (exact) mass is 279 g/mol. The summed E-state index contributed by atoms with van der Waals surface area (Å²) in [6, 6.07) is 7.40. The van der Waals surface area contributed by atoms with Gasteiger partial charge in [0, 0.05) is 5.75 Å². The average molecular weight is 279 g/mol. The summed E-state index contributed by atoms with van der Waals surface area (Å²) in [5.74, 6) is 0.123. The molecule has 0 amide bonds. The average Bonchev–Trinajstić information content (AvgIpc) is 2.85. The minimum Gasteiger partial charge on any atom is -0.481 e. The van der Waals surface area contributed by atoms with Crippen molar-refractivity contribution in [3.63, 3.8) is 0 Å². The van der Waals surface area contributed by atoms with E-state index in [9.17, 15) is 4.79 Å². The normalized spacial score (nSPS) is 10.6. The molecular formula is C12H13N3O3S. The molecule has 1 aromatic heterocycles. The van der Waals surface area contributed by atoms with E-state index in [1.165, 1.54) is 11.8 Å². The molecule has 19 heavy (non-hydrogen) atoms. The quantitative estimate of drug-likeness (QED) is 0.771. The van der Waals surface area contributed by atoms with Crippen molar-refractivity contribution in [1.82, 2.24) is 10.2 Å². The molecule has 7 heteroatoms. The molecule has 0 spiro atoms. The van der Waals surface area contributed by atoms with Crippen LogP contribution in [0.15, 0.2) is 33.9 Å². The van der Waals surface area contributed by atoms with Crippen LogP contribution in [0.1, 0.15) is 17.0 Å². The van der Waals surface area contributed by atoms with E-state index in [4.69, 9.17) is 15.3 Å². The van der Waals surface area contributed by atoms with Gasteiger partial charge < -0.3 is 15.3 Å². The molecule has 0 saturated heterocycles. The molecule has 0 atom stereocenters. The van der Waals surface area contributed by atoms with Crippen molar-refractivity contribution in [3.8, 4) is 0 Å². The number of nitrogens with zero attached hydrogens (tertiary/aromatic N) is 2. The van der Waals surface area contributed by atoms with Gasteiger partial charge >= 0.3 is 5.97 Å². The van der Waals surface area contributed by atoms with Crippen molar-refractivity contribution in [2.24, 2.45) is 5.73 Å². The SMILES string of the molecule is NCc1nnc(SCc2ccccc2CC(=O)O)o1. The molecule has 0 unspecified atom stereocenters. The van der Waals surface area contributed by atoms with Gasteiger partial charge in [0.2, 0.25) is 5.89 Å². The zero-order valence-corrected chi connectivity index (χ0v) is 10.9. The molecule has 0 fully saturated rings. The first-order valence-corrected chi connectivity index (χ1v) is 6.61. The predicted octanol–water partition coefficient (Wildman–Crippen LogP) is 1.45. The van der Waals surface area contributed by atoms with Gasteiger partial charge in [0.25, 0.3) is 5.22 Å². The first-order valence-electron chi connectivity index (χ1n) is 5.63. The van der Waals surface area contributed by atoms with Gasteiger partial charge in [-0.25, -0.2) is 0 Å². The maximum Gasteiger partial charge on any atom is 0.307 e. The van der Waals surface area contributed by atoms with E-state index >= 15 is 0 Å². The van der Waals surface area contributed by atoms with Crippen LogP contribution in [0.3, 0.4) is 0 Å². The first kappa shape index (κ1) is 13.6. The van der Waals surface area contributed by atoms with Crippen LogP contribution in [0.4, 0.5) is 0 Å². The summed E-state index contributed by atoms with van der Waals surface area (Å²) in [5, 5.41) is 16.9. The van der Waals surface area contributed by atoms with E-state index in [2.05, 4.69) is 10.2 Å². The fourth-order valence-electron chi connectivity index (χ4n) is 1.55. The highest BCUT2D eigenvalue weighted by Gasteiger charge is 2.09. The van der Waals surface area contributed by atoms with Crippen LogP contribution in [-0.2, 0) is 23.5 Å². The third-order valence-electron chi connectivity index (χ3n) is 2.43. The van der Waals surface area contributed by atoms with Gasteiger partial charge in [-0.15, -0.1) is 10.2 Å². The predicted molar refractivity (Wildman–Crippen MR) is 69.5 cm³/mol. The Morgan fingerprint density at radius 1 is 1.32 bits per heavy atom. The van der Waals surface area contributed by atoms with Crippen LogP contribution < -0.4 is 5.73 Å². The number of benzene rings is 1. The molecule has 0 aliphatic carbocycles. The van der Waals surface area contributed by atoms with Crippen molar-refractivity contribution in [2.45, 2.75) is 23.9 Å². The van der Waals surface area contributed by atoms with E-state index in [0.717, 1.165) is 11.1 Å². The number of carbonyl (C=O) groups is 1. The highest BCUT2D eigenvalue weighted by atomic mass is 32.2. The molecule has 2 rings (SSSR count). The zero-order chi connectivity index (χ0) is 13.7. The van der Waals surface area contributed by atoms with E-state index in [1.54, 1.807) is 0 Å². The first-order chi connectivity index (χ1) is 9.19. The Morgan fingerprint density at radius 2 is 2.05 bits per heavy atom. The minimum atomic E-state index is -0.847. The Bertz CT molecular complexity index is 571. The largest absolute Gasteiger partial charge is 0.481 e. The maximum atomic E-state index is 10.8. The molecule has 1 aromatic carbocycles. The van der Waals surface area contributed by atoms with E-state index in [0.29, 0.717) is 16.9 Å². The van der Waals surface area contributed by atoms with Crippen molar-refractivity contribution in [1.29, 1.82) is 0 Å². The molecule has 0 aliphatic rings. The summed E-state index contributed by atoms with van der Waals surface area (Å²) < 4.78 is 5.27. The summed E-state index contributed by atoms with van der Waals surface area (Å²) in [5.41, 5.74) is 7.12. The standard InChI is InChI=1S/C12H13N3O3S/c13-6-10-14-15-12(18-10)19-7-9-4-2-1-3-8(9)5-11(16)17/h1-4H,5-7,13H2,(H,16,17). The van der Waals surface area contributed by atoms with Crippen molar-refractivity contribution in [3.05, 3.63) is 41.3 Å². The topological polar surface area (TPSA) is 102 Å². The molecule has 0 radical (unpaired) electrons. The van der Waals surface area contributed by atoms with Gasteiger partial charge in [-0.05, 0) is 11.1 Å². The molecule has 3 N–H and O–H groups in total. The minimum absolute atomic E-state index is 0.00855. The Kier molecular flexibility index (Phi) is 4.53. The Hall–Kier alpha value is -1.86. The number of carboxylic acids is 1. The second kappa shape index (κ2) is 6.35. The summed E-state index contributed by atoms with van der Waals surface area (Å²) in [4.78, 5) is 10.8. The van der Waals surface area contributed by atoms with Gasteiger partial charge in [-0.2, -0.15) is 0 Å². The van der Waals surface area contributed by atoms with Gasteiger partial charge in [-0.3, -0.25) is 4.79 Å². The van der Waals surface area contributed by atoms with Crippen LogP contribution in [0.5, 0.6) is 0 Å². The van der Waals surface area contributed by atoms with E-state index < -0.39 is 5.97 Å². The molecule has 0 aliphatic heterocycles. The fraction of sp³-hybridized carbons (Fsp3) is 0.250. The number of hydrogen-bond donors (Lipinski definition) is 2. The molecule has 1 heterocycles. The van der Waals surface area contributed by atoms with Crippen LogP contribution >= 0.6 is 11.8 Å². The molecule has 6 nitrogen and oxygen atoms in total. The molecule has 2 aromatic rings. The van der Waals surface area contributed by atoms with Crippen molar-refractivity contribution >= 4 is 17.7 Å². The van der Waals surface area contributed by atoms with Crippen LogP contribution in [0, 0.1) is 0 Å². The number of nitrogens with two attached hydrogens (primary N) is 1. The van der Waals surface area contributed by atoms with Crippen molar-refractivity contribution in [2.75, 3.05) is 0 Å². The Balaban J connectivity index is 2.04. The lowest BCUT2D eigenvalue weighted by atomic mass is 10.1. The highest BCUT2D eigenvalue weighted by molar-refractivity contribution is 7.98. The number of thioether (sulfide) groups is 1. The summed E-state index contributed by atoms with van der Waals surface area (Å²) in [6.45, 7) is 0.211. The second-order valence-corrected chi connectivity index (χ2v) is 4.72. The third-order valence-corrected chi connectivity index (χ3v) is 3.30. The van der Waals surface area contributed by atoms with E-state index in [-0.39, 0.29) is 13.0 Å². The molecule has 0 bridgehead atoms. The number of hydrogen-bond acceptors (Lipinski definition) is 6. The summed E-state index contributed by atoms with van der Waals surface area (Å²) >= 11 is 1.36. The number of aliphatic carboxylic acids is 1. The molecule has 100 valence electrons.